The Kier molecular flexibility index (Phi) is 6.71. The molecule has 0 fully saturated rings. The smallest absolute Gasteiger partial charge is 0.123 e. The molecule has 1 aromatic rings. The monoisotopic (exact) mass is 275 g/mol. The molecule has 96 valence electrons. The van der Waals surface area contributed by atoms with Crippen LogP contribution in [0.4, 0.5) is 0 Å². The molecule has 1 N–H and O–H groups in total. The second-order valence-corrected chi connectivity index (χ2v) is 4.98. The molecule has 17 heavy (non-hydrogen) atoms. The summed E-state index contributed by atoms with van der Waals surface area (Å²) < 4.78 is 5.27. The first-order chi connectivity index (χ1) is 8.17. The second kappa shape index (κ2) is 7.80. The number of ether oxygens (including phenoxy) is 1. The van der Waals surface area contributed by atoms with Gasteiger partial charge >= 0.3 is 0 Å². The molecule has 0 aliphatic heterocycles. The third-order valence-electron chi connectivity index (χ3n) is 2.64. The average molecular weight is 276 g/mol. The molecule has 0 spiro atoms. The number of methoxy groups -OCH3 is 1. The lowest BCUT2D eigenvalue weighted by molar-refractivity contribution is 0.407. The maximum Gasteiger partial charge on any atom is 0.123 e. The minimum atomic E-state index is 0.253. The zero-order valence-electron chi connectivity index (χ0n) is 10.3. The highest BCUT2D eigenvalue weighted by molar-refractivity contribution is 6.30. The van der Waals surface area contributed by atoms with Gasteiger partial charge in [-0.05, 0) is 37.6 Å². The lowest BCUT2D eigenvalue weighted by Crippen LogP contribution is -2.18. The van der Waals surface area contributed by atoms with Crippen LogP contribution >= 0.6 is 23.2 Å². The molecule has 2 nitrogen and oxygen atoms in total. The van der Waals surface area contributed by atoms with Crippen molar-refractivity contribution in [2.24, 2.45) is 0 Å². The molecule has 4 heteroatoms. The molecule has 0 saturated carbocycles. The van der Waals surface area contributed by atoms with E-state index in [0.717, 1.165) is 42.3 Å². The van der Waals surface area contributed by atoms with Crippen LogP contribution in [0.5, 0.6) is 5.75 Å². The van der Waals surface area contributed by atoms with Gasteiger partial charge in [-0.15, -0.1) is 11.6 Å². The Morgan fingerprint density at radius 3 is 2.82 bits per heavy atom. The van der Waals surface area contributed by atoms with Gasteiger partial charge in [-0.25, -0.2) is 0 Å². The molecular weight excluding hydrogens is 257 g/mol. The first-order valence-corrected chi connectivity index (χ1v) is 6.66. The van der Waals surface area contributed by atoms with Crippen molar-refractivity contribution >= 4 is 23.2 Å². The third kappa shape index (κ3) is 5.15. The van der Waals surface area contributed by atoms with E-state index in [4.69, 9.17) is 27.9 Å². The van der Waals surface area contributed by atoms with Crippen LogP contribution in [-0.4, -0.2) is 19.0 Å². The van der Waals surface area contributed by atoms with Crippen molar-refractivity contribution in [3.8, 4) is 5.75 Å². The van der Waals surface area contributed by atoms with E-state index in [0.29, 0.717) is 0 Å². The van der Waals surface area contributed by atoms with E-state index in [1.165, 1.54) is 0 Å². The van der Waals surface area contributed by atoms with Gasteiger partial charge in [0, 0.05) is 22.5 Å². The van der Waals surface area contributed by atoms with Crippen molar-refractivity contribution < 1.29 is 4.74 Å². The number of halogens is 2. The highest BCUT2D eigenvalue weighted by atomic mass is 35.5. The zero-order valence-corrected chi connectivity index (χ0v) is 11.8. The SMILES string of the molecule is CCC(Cl)CCNCc1cc(Cl)ccc1OC. The topological polar surface area (TPSA) is 21.3 Å². The van der Waals surface area contributed by atoms with Crippen LogP contribution in [0.15, 0.2) is 18.2 Å². The van der Waals surface area contributed by atoms with Crippen LogP contribution in [0, 0.1) is 0 Å². The van der Waals surface area contributed by atoms with E-state index in [9.17, 15) is 0 Å². The Morgan fingerprint density at radius 2 is 2.18 bits per heavy atom. The van der Waals surface area contributed by atoms with Crippen LogP contribution in [0.3, 0.4) is 0 Å². The van der Waals surface area contributed by atoms with Crippen LogP contribution in [0.1, 0.15) is 25.3 Å². The number of hydrogen-bond acceptors (Lipinski definition) is 2. The molecule has 1 rings (SSSR count). The summed E-state index contributed by atoms with van der Waals surface area (Å²) in [5.74, 6) is 0.861. The number of alkyl halides is 1. The van der Waals surface area contributed by atoms with Gasteiger partial charge in [-0.1, -0.05) is 18.5 Å². The first-order valence-electron chi connectivity index (χ1n) is 5.84. The van der Waals surface area contributed by atoms with Crippen LogP contribution in [-0.2, 0) is 6.54 Å². The molecule has 1 aromatic carbocycles. The summed E-state index contributed by atoms with van der Waals surface area (Å²) in [6.45, 7) is 3.74. The van der Waals surface area contributed by atoms with Gasteiger partial charge in [0.1, 0.15) is 5.75 Å². The maximum absolute atomic E-state index is 6.04. The highest BCUT2D eigenvalue weighted by Gasteiger charge is 2.04. The Balaban J connectivity index is 2.42. The van der Waals surface area contributed by atoms with Crippen molar-refractivity contribution in [3.63, 3.8) is 0 Å². The van der Waals surface area contributed by atoms with E-state index in [1.54, 1.807) is 7.11 Å². The quantitative estimate of drug-likeness (QED) is 0.603. The van der Waals surface area contributed by atoms with Gasteiger partial charge in [0.05, 0.1) is 7.11 Å². The van der Waals surface area contributed by atoms with Crippen molar-refractivity contribution in [2.45, 2.75) is 31.7 Å². The molecule has 0 aromatic heterocycles. The predicted octanol–water partition coefficient (Wildman–Crippen LogP) is 3.85. The van der Waals surface area contributed by atoms with E-state index in [2.05, 4.69) is 12.2 Å². The van der Waals surface area contributed by atoms with Gasteiger partial charge in [0.2, 0.25) is 0 Å². The number of hydrogen-bond donors (Lipinski definition) is 1. The summed E-state index contributed by atoms with van der Waals surface area (Å²) in [5, 5.41) is 4.33. The Morgan fingerprint density at radius 1 is 1.41 bits per heavy atom. The number of nitrogens with one attached hydrogen (secondary N) is 1. The first kappa shape index (κ1) is 14.6. The van der Waals surface area contributed by atoms with Gasteiger partial charge in [0.25, 0.3) is 0 Å². The molecule has 0 heterocycles. The third-order valence-corrected chi connectivity index (χ3v) is 3.40. The number of rotatable bonds is 7. The van der Waals surface area contributed by atoms with Gasteiger partial charge in [0.15, 0.2) is 0 Å². The Labute approximate surface area is 113 Å². The van der Waals surface area contributed by atoms with Crippen LogP contribution in [0.25, 0.3) is 0 Å². The molecular formula is C13H19Cl2NO. The molecule has 0 aliphatic rings. The molecule has 0 saturated heterocycles. The molecule has 0 aliphatic carbocycles. The van der Waals surface area contributed by atoms with E-state index in [-0.39, 0.29) is 5.38 Å². The summed E-state index contributed by atoms with van der Waals surface area (Å²) in [6, 6.07) is 5.64. The normalized spacial score (nSPS) is 12.5. The number of benzene rings is 1. The molecule has 0 bridgehead atoms. The summed E-state index contributed by atoms with van der Waals surface area (Å²) in [6.07, 6.45) is 1.98. The minimum absolute atomic E-state index is 0.253. The summed E-state index contributed by atoms with van der Waals surface area (Å²) in [5.41, 5.74) is 1.07. The van der Waals surface area contributed by atoms with Crippen molar-refractivity contribution in [2.75, 3.05) is 13.7 Å². The fraction of sp³-hybridized carbons (Fsp3) is 0.538. The lowest BCUT2D eigenvalue weighted by Gasteiger charge is -2.11. The second-order valence-electron chi connectivity index (χ2n) is 3.93. The predicted molar refractivity (Wildman–Crippen MR) is 74.3 cm³/mol. The summed E-state index contributed by atoms with van der Waals surface area (Å²) in [4.78, 5) is 0. The zero-order chi connectivity index (χ0) is 12.7. The fourth-order valence-corrected chi connectivity index (χ4v) is 1.87. The minimum Gasteiger partial charge on any atom is -0.496 e. The van der Waals surface area contributed by atoms with Gasteiger partial charge < -0.3 is 10.1 Å². The van der Waals surface area contributed by atoms with Crippen molar-refractivity contribution in [3.05, 3.63) is 28.8 Å². The van der Waals surface area contributed by atoms with Crippen molar-refractivity contribution in [1.82, 2.24) is 5.32 Å². The van der Waals surface area contributed by atoms with E-state index in [1.807, 2.05) is 18.2 Å². The molecule has 0 radical (unpaired) electrons. The molecule has 1 unspecified atom stereocenters. The molecule has 1 atom stereocenters. The standard InChI is InChI=1S/C13H19Cl2NO/c1-3-11(14)6-7-16-9-10-8-12(15)4-5-13(10)17-2/h4-5,8,11,16H,3,6-7,9H2,1-2H3. The molecule has 0 amide bonds. The maximum atomic E-state index is 6.04. The van der Waals surface area contributed by atoms with Crippen LogP contribution in [0.2, 0.25) is 5.02 Å². The Hall–Kier alpha value is -0.440. The van der Waals surface area contributed by atoms with Crippen LogP contribution < -0.4 is 10.1 Å². The van der Waals surface area contributed by atoms with Crippen molar-refractivity contribution in [1.29, 1.82) is 0 Å². The summed E-state index contributed by atoms with van der Waals surface area (Å²) >= 11 is 12.0. The lowest BCUT2D eigenvalue weighted by atomic mass is 10.2. The average Bonchev–Trinajstić information content (AvgIpc) is 2.34. The fourth-order valence-electron chi connectivity index (χ4n) is 1.57. The van der Waals surface area contributed by atoms with Gasteiger partial charge in [-0.3, -0.25) is 0 Å². The largest absolute Gasteiger partial charge is 0.496 e. The van der Waals surface area contributed by atoms with E-state index < -0.39 is 0 Å². The Bertz CT molecular complexity index is 344. The highest BCUT2D eigenvalue weighted by Crippen LogP contribution is 2.22. The van der Waals surface area contributed by atoms with Gasteiger partial charge in [-0.2, -0.15) is 0 Å². The van der Waals surface area contributed by atoms with E-state index >= 15 is 0 Å². The summed E-state index contributed by atoms with van der Waals surface area (Å²) in [7, 11) is 1.67.